The van der Waals surface area contributed by atoms with E-state index in [1.165, 1.54) is 0 Å². The smallest absolute Gasteiger partial charge is 0.408 e. The minimum absolute atomic E-state index is 0.176. The van der Waals surface area contributed by atoms with Crippen LogP contribution in [0.1, 0.15) is 38.8 Å². The molecule has 0 aliphatic heterocycles. The van der Waals surface area contributed by atoms with E-state index in [0.29, 0.717) is 0 Å². The highest BCUT2D eigenvalue weighted by Gasteiger charge is 2.21. The van der Waals surface area contributed by atoms with Gasteiger partial charge in [-0.05, 0) is 32.8 Å². The van der Waals surface area contributed by atoms with Crippen molar-refractivity contribution in [1.29, 1.82) is 0 Å². The van der Waals surface area contributed by atoms with Crippen LogP contribution in [0.25, 0.3) is 0 Å². The summed E-state index contributed by atoms with van der Waals surface area (Å²) < 4.78 is 27.4. The molecular weight excluding hydrogens is 314 g/mol. The molecule has 0 fully saturated rings. The van der Waals surface area contributed by atoms with Crippen molar-refractivity contribution in [2.75, 3.05) is 5.75 Å². The van der Waals surface area contributed by atoms with Crippen molar-refractivity contribution in [3.63, 3.8) is 0 Å². The highest BCUT2D eigenvalue weighted by Crippen LogP contribution is 2.19. The average molecular weight is 334 g/mol. The zero-order valence-corrected chi connectivity index (χ0v) is 13.9. The Morgan fingerprint density at radius 1 is 1.29 bits per heavy atom. The molecule has 0 aromatic heterocycles. The fourth-order valence-corrected chi connectivity index (χ4v) is 2.50. The van der Waals surface area contributed by atoms with E-state index < -0.39 is 26.8 Å². The number of nitrogens with one attached hydrogen (secondary N) is 1. The molecule has 0 aliphatic carbocycles. The average Bonchev–Trinajstić information content (AvgIpc) is 2.32. The molecule has 7 heteroatoms. The molecule has 0 aliphatic rings. The van der Waals surface area contributed by atoms with Crippen LogP contribution in [0, 0.1) is 0 Å². The number of hydrogen-bond acceptors (Lipinski definition) is 4. The van der Waals surface area contributed by atoms with Gasteiger partial charge in [-0.2, -0.15) is 0 Å². The second-order valence-electron chi connectivity index (χ2n) is 5.64. The molecular formula is C14H20ClNO4S. The summed E-state index contributed by atoms with van der Waals surface area (Å²) in [6.07, 6.45) is -0.418. The van der Waals surface area contributed by atoms with E-state index in [1.807, 2.05) is 30.3 Å². The van der Waals surface area contributed by atoms with Gasteiger partial charge in [0.2, 0.25) is 9.05 Å². The third kappa shape index (κ3) is 7.92. The highest BCUT2D eigenvalue weighted by atomic mass is 35.7. The maximum atomic E-state index is 11.9. The molecule has 0 saturated carbocycles. The fourth-order valence-electron chi connectivity index (χ4n) is 1.72. The first-order chi connectivity index (χ1) is 9.57. The fraction of sp³-hybridized carbons (Fsp3) is 0.500. The SMILES string of the molecule is CC(C)(C)OC(=O)NC(CCS(=O)(=O)Cl)c1ccccc1. The van der Waals surface area contributed by atoms with Gasteiger partial charge < -0.3 is 10.1 Å². The number of rotatable bonds is 5. The maximum Gasteiger partial charge on any atom is 0.408 e. The minimum Gasteiger partial charge on any atom is -0.444 e. The molecule has 1 unspecified atom stereocenters. The van der Waals surface area contributed by atoms with Gasteiger partial charge in [-0.3, -0.25) is 0 Å². The van der Waals surface area contributed by atoms with Crippen LogP contribution < -0.4 is 5.32 Å². The summed E-state index contributed by atoms with van der Waals surface area (Å²) in [7, 11) is 1.62. The van der Waals surface area contributed by atoms with Crippen molar-refractivity contribution in [2.45, 2.75) is 38.8 Å². The quantitative estimate of drug-likeness (QED) is 0.840. The molecule has 1 N–H and O–H groups in total. The molecule has 5 nitrogen and oxygen atoms in total. The van der Waals surface area contributed by atoms with Crippen molar-refractivity contribution in [1.82, 2.24) is 5.32 Å². The molecule has 1 aromatic rings. The van der Waals surface area contributed by atoms with E-state index in [2.05, 4.69) is 5.32 Å². The number of alkyl carbamates (subject to hydrolysis) is 1. The Morgan fingerprint density at radius 3 is 2.33 bits per heavy atom. The van der Waals surface area contributed by atoms with E-state index in [-0.39, 0.29) is 12.2 Å². The second-order valence-corrected chi connectivity index (χ2v) is 8.54. The first-order valence-electron chi connectivity index (χ1n) is 6.53. The topological polar surface area (TPSA) is 72.5 Å². The van der Waals surface area contributed by atoms with Gasteiger partial charge in [0.1, 0.15) is 5.60 Å². The molecule has 1 atom stereocenters. The van der Waals surface area contributed by atoms with Crippen molar-refractivity contribution in [3.05, 3.63) is 35.9 Å². The molecule has 0 bridgehead atoms. The molecule has 1 amide bonds. The van der Waals surface area contributed by atoms with E-state index >= 15 is 0 Å². The Morgan fingerprint density at radius 2 is 1.86 bits per heavy atom. The van der Waals surface area contributed by atoms with Gasteiger partial charge in [-0.1, -0.05) is 30.3 Å². The van der Waals surface area contributed by atoms with E-state index in [9.17, 15) is 13.2 Å². The normalized spacial score (nSPS) is 13.5. The van der Waals surface area contributed by atoms with Crippen LogP contribution in [0.3, 0.4) is 0 Å². The number of hydrogen-bond donors (Lipinski definition) is 1. The number of benzene rings is 1. The standard InChI is InChI=1S/C14H20ClNO4S/c1-14(2,3)20-13(17)16-12(9-10-21(15,18)19)11-7-5-4-6-8-11/h4-8,12H,9-10H2,1-3H3,(H,16,17). The van der Waals surface area contributed by atoms with Gasteiger partial charge in [-0.15, -0.1) is 0 Å². The van der Waals surface area contributed by atoms with Gasteiger partial charge in [0, 0.05) is 10.7 Å². The predicted molar refractivity (Wildman–Crippen MR) is 82.8 cm³/mol. The molecule has 1 rings (SSSR count). The largest absolute Gasteiger partial charge is 0.444 e. The lowest BCUT2D eigenvalue weighted by molar-refractivity contribution is 0.0502. The number of amides is 1. The van der Waals surface area contributed by atoms with Crippen LogP contribution >= 0.6 is 10.7 Å². The predicted octanol–water partition coefficient (Wildman–Crippen LogP) is 3.21. The first kappa shape index (κ1) is 17.8. The molecule has 0 spiro atoms. The number of ether oxygens (including phenoxy) is 1. The van der Waals surface area contributed by atoms with Gasteiger partial charge in [0.25, 0.3) is 0 Å². The minimum atomic E-state index is -3.62. The molecule has 1 aromatic carbocycles. The molecule has 118 valence electrons. The summed E-state index contributed by atoms with van der Waals surface area (Å²) in [5, 5.41) is 2.68. The molecule has 0 radical (unpaired) electrons. The zero-order valence-electron chi connectivity index (χ0n) is 12.3. The summed E-state index contributed by atoms with van der Waals surface area (Å²) in [5.74, 6) is -0.232. The lowest BCUT2D eigenvalue weighted by Gasteiger charge is -2.23. The lowest BCUT2D eigenvalue weighted by atomic mass is 10.1. The maximum absolute atomic E-state index is 11.9. The van der Waals surface area contributed by atoms with Crippen LogP contribution in [-0.4, -0.2) is 25.9 Å². The summed E-state index contributed by atoms with van der Waals surface area (Å²) in [6.45, 7) is 5.27. The van der Waals surface area contributed by atoms with Gasteiger partial charge in [0.15, 0.2) is 0 Å². The van der Waals surface area contributed by atoms with E-state index in [1.54, 1.807) is 20.8 Å². The number of carbonyl (C=O) groups excluding carboxylic acids is 1. The summed E-state index contributed by atoms with van der Waals surface area (Å²) in [6, 6.07) is 8.61. The summed E-state index contributed by atoms with van der Waals surface area (Å²) in [5.41, 5.74) is 0.174. The van der Waals surface area contributed by atoms with Crippen molar-refractivity contribution in [2.24, 2.45) is 0 Å². The van der Waals surface area contributed by atoms with Crippen molar-refractivity contribution < 1.29 is 17.9 Å². The van der Waals surface area contributed by atoms with E-state index in [4.69, 9.17) is 15.4 Å². The van der Waals surface area contributed by atoms with Crippen molar-refractivity contribution >= 4 is 25.8 Å². The highest BCUT2D eigenvalue weighted by molar-refractivity contribution is 8.13. The van der Waals surface area contributed by atoms with Crippen LogP contribution in [0.4, 0.5) is 4.79 Å². The van der Waals surface area contributed by atoms with Crippen LogP contribution in [0.2, 0.25) is 0 Å². The second kappa shape index (κ2) is 7.13. The van der Waals surface area contributed by atoms with Gasteiger partial charge in [-0.25, -0.2) is 13.2 Å². The first-order valence-corrected chi connectivity index (χ1v) is 9.01. The Labute approximate surface area is 130 Å². The summed E-state index contributed by atoms with van der Waals surface area (Å²) >= 11 is 0. The lowest BCUT2D eigenvalue weighted by Crippen LogP contribution is -2.35. The Bertz CT molecular complexity index is 566. The molecule has 21 heavy (non-hydrogen) atoms. The third-order valence-electron chi connectivity index (χ3n) is 2.54. The van der Waals surface area contributed by atoms with Crippen LogP contribution in [0.15, 0.2) is 30.3 Å². The van der Waals surface area contributed by atoms with E-state index in [0.717, 1.165) is 5.56 Å². The Kier molecular flexibility index (Phi) is 6.04. The molecule has 0 saturated heterocycles. The van der Waals surface area contributed by atoms with Crippen LogP contribution in [-0.2, 0) is 13.8 Å². The zero-order chi connectivity index (χ0) is 16.1. The molecule has 0 heterocycles. The van der Waals surface area contributed by atoms with Crippen LogP contribution in [0.5, 0.6) is 0 Å². The van der Waals surface area contributed by atoms with Gasteiger partial charge >= 0.3 is 6.09 Å². The Balaban J connectivity index is 2.80. The number of carbonyl (C=O) groups is 1. The van der Waals surface area contributed by atoms with Gasteiger partial charge in [0.05, 0.1) is 11.8 Å². The Hall–Kier alpha value is -1.27. The summed E-state index contributed by atoms with van der Waals surface area (Å²) in [4.78, 5) is 11.9. The third-order valence-corrected chi connectivity index (χ3v) is 3.73. The monoisotopic (exact) mass is 333 g/mol. The number of halogens is 1. The van der Waals surface area contributed by atoms with Crippen molar-refractivity contribution in [3.8, 4) is 0 Å².